The van der Waals surface area contributed by atoms with Gasteiger partial charge in [-0.2, -0.15) is 0 Å². The van der Waals surface area contributed by atoms with E-state index in [4.69, 9.17) is 18.6 Å². The van der Waals surface area contributed by atoms with Crippen LogP contribution in [-0.2, 0) is 20.7 Å². The van der Waals surface area contributed by atoms with Crippen LogP contribution in [0.1, 0.15) is 48.7 Å². The Morgan fingerprint density at radius 2 is 2.12 bits per heavy atom. The number of Topliss-reactive ketones (excluding diaryl/α,β-unsaturated/α-hetero) is 1. The first kappa shape index (κ1) is 15.7. The summed E-state index contributed by atoms with van der Waals surface area (Å²) in [6.45, 7) is 1.93. The molecule has 1 aromatic carbocycles. The molecule has 0 spiro atoms. The molecule has 128 valence electrons. The van der Waals surface area contributed by atoms with Gasteiger partial charge < -0.3 is 18.6 Å². The number of rotatable bonds is 5. The topological polar surface area (TPSA) is 57.9 Å². The van der Waals surface area contributed by atoms with Gasteiger partial charge in [-0.3, -0.25) is 4.79 Å². The predicted octanol–water partition coefficient (Wildman–Crippen LogP) is 3.74. The second-order valence-corrected chi connectivity index (χ2v) is 6.68. The third kappa shape index (κ3) is 2.19. The third-order valence-electron chi connectivity index (χ3n) is 5.41. The maximum absolute atomic E-state index is 12.2. The number of furan rings is 1. The molecule has 2 aliphatic carbocycles. The first-order valence-corrected chi connectivity index (χ1v) is 8.38. The molecule has 0 bridgehead atoms. The van der Waals surface area contributed by atoms with E-state index in [1.807, 2.05) is 6.07 Å². The van der Waals surface area contributed by atoms with Gasteiger partial charge in [0.1, 0.15) is 24.4 Å². The molecule has 0 saturated heterocycles. The molecule has 0 fully saturated rings. The quantitative estimate of drug-likeness (QED) is 0.782. The smallest absolute Gasteiger partial charge is 0.176 e. The van der Waals surface area contributed by atoms with Crippen LogP contribution in [0, 0.1) is 5.92 Å². The summed E-state index contributed by atoms with van der Waals surface area (Å²) in [5, 5.41) is 1.12. The molecule has 0 N–H and O–H groups in total. The van der Waals surface area contributed by atoms with Gasteiger partial charge in [0.25, 0.3) is 0 Å². The summed E-state index contributed by atoms with van der Waals surface area (Å²) in [7, 11) is 3.26. The molecule has 1 heterocycles. The zero-order valence-electron chi connectivity index (χ0n) is 14.3. The molecule has 5 heteroatoms. The van der Waals surface area contributed by atoms with Crippen molar-refractivity contribution in [1.82, 2.24) is 0 Å². The van der Waals surface area contributed by atoms with E-state index >= 15 is 0 Å². The maximum Gasteiger partial charge on any atom is 0.176 e. The Hall–Kier alpha value is -1.85. The molecule has 0 unspecified atom stereocenters. The molecule has 0 radical (unpaired) electrons. The highest BCUT2D eigenvalue weighted by molar-refractivity contribution is 5.94. The molecule has 4 rings (SSSR count). The summed E-state index contributed by atoms with van der Waals surface area (Å²) in [6, 6.07) is 3.98. The highest BCUT2D eigenvalue weighted by Gasteiger charge is 2.43. The minimum Gasteiger partial charge on any atom is -0.493 e. The van der Waals surface area contributed by atoms with Crippen molar-refractivity contribution in [3.8, 4) is 5.75 Å². The van der Waals surface area contributed by atoms with Gasteiger partial charge in [-0.25, -0.2) is 0 Å². The van der Waals surface area contributed by atoms with Crippen LogP contribution in [0.25, 0.3) is 11.0 Å². The SMILES string of the molecule is COCO[C@H]1CC[C@H]2c3c1oc1c(OC)ccc(c31)C[C@H]2C(C)=O. The maximum atomic E-state index is 12.2. The zero-order chi connectivity index (χ0) is 16.8. The van der Waals surface area contributed by atoms with Crippen molar-refractivity contribution in [1.29, 1.82) is 0 Å². The minimum absolute atomic E-state index is 0.0221. The van der Waals surface area contributed by atoms with Crippen LogP contribution in [0.5, 0.6) is 5.75 Å². The van der Waals surface area contributed by atoms with Gasteiger partial charge in [-0.15, -0.1) is 0 Å². The second kappa shape index (κ2) is 5.90. The fourth-order valence-electron chi connectivity index (χ4n) is 4.35. The van der Waals surface area contributed by atoms with E-state index in [9.17, 15) is 4.79 Å². The first-order valence-electron chi connectivity index (χ1n) is 8.38. The summed E-state index contributed by atoms with van der Waals surface area (Å²) in [4.78, 5) is 12.2. The summed E-state index contributed by atoms with van der Waals surface area (Å²) in [5.41, 5.74) is 3.09. The normalized spacial score (nSPS) is 25.0. The molecule has 0 amide bonds. The summed E-state index contributed by atoms with van der Waals surface area (Å²) in [6.07, 6.45) is 2.40. The Balaban J connectivity index is 1.92. The van der Waals surface area contributed by atoms with Crippen molar-refractivity contribution >= 4 is 16.8 Å². The number of carbonyl (C=O) groups is 1. The fraction of sp³-hybridized carbons (Fsp3) is 0.526. The van der Waals surface area contributed by atoms with Crippen LogP contribution in [0.15, 0.2) is 16.5 Å². The number of hydrogen-bond donors (Lipinski definition) is 0. The Morgan fingerprint density at radius 3 is 2.83 bits per heavy atom. The standard InChI is InChI=1S/C19H22O5/c1-10(20)13-8-11-4-6-14(22-3)18-16(11)17-12(13)5-7-15(19(17)24-18)23-9-21-2/h4,6,12-13,15H,5,7-9H2,1-3H3/t12-,13+,15+/m1/s1. The molecule has 24 heavy (non-hydrogen) atoms. The van der Waals surface area contributed by atoms with Gasteiger partial charge in [0.05, 0.1) is 7.11 Å². The molecule has 0 saturated carbocycles. The van der Waals surface area contributed by atoms with E-state index in [0.717, 1.165) is 47.3 Å². The Morgan fingerprint density at radius 1 is 1.29 bits per heavy atom. The highest BCUT2D eigenvalue weighted by atomic mass is 16.7. The Kier molecular flexibility index (Phi) is 3.85. The van der Waals surface area contributed by atoms with Crippen molar-refractivity contribution < 1.29 is 23.4 Å². The Labute approximate surface area is 140 Å². The zero-order valence-corrected chi connectivity index (χ0v) is 14.3. The summed E-state index contributed by atoms with van der Waals surface area (Å²) < 4.78 is 22.6. The van der Waals surface area contributed by atoms with Gasteiger partial charge in [-0.1, -0.05) is 6.07 Å². The lowest BCUT2D eigenvalue weighted by molar-refractivity contribution is -0.122. The molecule has 2 aromatic rings. The number of carbonyl (C=O) groups excluding carboxylic acids is 1. The number of ketones is 1. The van der Waals surface area contributed by atoms with Crippen molar-refractivity contribution in [3.05, 3.63) is 29.0 Å². The van der Waals surface area contributed by atoms with E-state index in [1.54, 1.807) is 21.1 Å². The van der Waals surface area contributed by atoms with E-state index in [0.29, 0.717) is 0 Å². The lowest BCUT2D eigenvalue weighted by Gasteiger charge is -2.35. The minimum atomic E-state index is -0.133. The molecular weight excluding hydrogens is 308 g/mol. The van der Waals surface area contributed by atoms with E-state index in [-0.39, 0.29) is 30.5 Å². The molecule has 1 aromatic heterocycles. The van der Waals surface area contributed by atoms with Gasteiger partial charge in [0.15, 0.2) is 11.3 Å². The van der Waals surface area contributed by atoms with Crippen LogP contribution >= 0.6 is 0 Å². The first-order chi connectivity index (χ1) is 11.7. The number of hydrogen-bond acceptors (Lipinski definition) is 5. The summed E-state index contributed by atoms with van der Waals surface area (Å²) in [5.74, 6) is 2.05. The lowest BCUT2D eigenvalue weighted by Crippen LogP contribution is -2.30. The molecule has 2 aliphatic rings. The van der Waals surface area contributed by atoms with Gasteiger partial charge in [0, 0.05) is 24.0 Å². The van der Waals surface area contributed by atoms with Crippen LogP contribution in [0.4, 0.5) is 0 Å². The monoisotopic (exact) mass is 330 g/mol. The number of ether oxygens (including phenoxy) is 3. The van der Waals surface area contributed by atoms with E-state index in [1.165, 1.54) is 5.56 Å². The molecular formula is C19H22O5. The number of methoxy groups -OCH3 is 2. The van der Waals surface area contributed by atoms with Crippen LogP contribution in [-0.4, -0.2) is 26.8 Å². The highest BCUT2D eigenvalue weighted by Crippen LogP contribution is 2.53. The van der Waals surface area contributed by atoms with Crippen LogP contribution < -0.4 is 4.74 Å². The van der Waals surface area contributed by atoms with E-state index in [2.05, 4.69) is 6.07 Å². The molecule has 3 atom stereocenters. The summed E-state index contributed by atoms with van der Waals surface area (Å²) >= 11 is 0. The van der Waals surface area contributed by atoms with Crippen molar-refractivity contribution in [2.45, 2.75) is 38.2 Å². The van der Waals surface area contributed by atoms with Gasteiger partial charge in [-0.05, 0) is 43.7 Å². The van der Waals surface area contributed by atoms with Gasteiger partial charge >= 0.3 is 0 Å². The largest absolute Gasteiger partial charge is 0.493 e. The fourth-order valence-corrected chi connectivity index (χ4v) is 4.35. The second-order valence-electron chi connectivity index (χ2n) is 6.68. The van der Waals surface area contributed by atoms with Crippen LogP contribution in [0.3, 0.4) is 0 Å². The lowest BCUT2D eigenvalue weighted by atomic mass is 9.69. The molecule has 5 nitrogen and oxygen atoms in total. The van der Waals surface area contributed by atoms with Crippen molar-refractivity contribution in [3.63, 3.8) is 0 Å². The van der Waals surface area contributed by atoms with Crippen molar-refractivity contribution in [2.75, 3.05) is 21.0 Å². The average molecular weight is 330 g/mol. The molecule has 0 aliphatic heterocycles. The number of benzene rings is 1. The van der Waals surface area contributed by atoms with Gasteiger partial charge in [0.2, 0.25) is 0 Å². The van der Waals surface area contributed by atoms with Crippen LogP contribution in [0.2, 0.25) is 0 Å². The average Bonchev–Trinajstić information content (AvgIpc) is 2.99. The Bertz CT molecular complexity index is 791. The van der Waals surface area contributed by atoms with Crippen molar-refractivity contribution in [2.24, 2.45) is 5.92 Å². The third-order valence-corrected chi connectivity index (χ3v) is 5.41. The van der Waals surface area contributed by atoms with E-state index < -0.39 is 0 Å². The predicted molar refractivity (Wildman–Crippen MR) is 88.3 cm³/mol.